The van der Waals surface area contributed by atoms with Gasteiger partial charge in [0.05, 0.1) is 17.0 Å². The Morgan fingerprint density at radius 2 is 2.04 bits per heavy atom. The van der Waals surface area contributed by atoms with Crippen LogP contribution in [0.15, 0.2) is 47.6 Å². The maximum atomic E-state index is 11.7. The Labute approximate surface area is 150 Å². The Hall–Kier alpha value is -1.49. The molecule has 0 aromatic heterocycles. The molecule has 6 heteroatoms. The number of amides is 1. The van der Waals surface area contributed by atoms with Gasteiger partial charge in [0.25, 0.3) is 0 Å². The van der Waals surface area contributed by atoms with Gasteiger partial charge in [-0.15, -0.1) is 11.8 Å². The molecule has 0 atom stereocenters. The van der Waals surface area contributed by atoms with Crippen molar-refractivity contribution < 1.29 is 4.79 Å². The van der Waals surface area contributed by atoms with Gasteiger partial charge in [-0.1, -0.05) is 53.5 Å². The fraction of sp³-hybridized carbons (Fsp3) is 0.176. The number of rotatable bonds is 6. The Morgan fingerprint density at radius 1 is 1.26 bits per heavy atom. The van der Waals surface area contributed by atoms with Gasteiger partial charge in [0.2, 0.25) is 5.91 Å². The van der Waals surface area contributed by atoms with Crippen molar-refractivity contribution in [3.8, 4) is 0 Å². The van der Waals surface area contributed by atoms with Gasteiger partial charge < -0.3 is 0 Å². The van der Waals surface area contributed by atoms with E-state index in [1.54, 1.807) is 30.0 Å². The number of halogens is 2. The summed E-state index contributed by atoms with van der Waals surface area (Å²) in [7, 11) is 0. The number of aryl methyl sites for hydroxylation is 1. The van der Waals surface area contributed by atoms with Crippen LogP contribution in [0.2, 0.25) is 10.0 Å². The summed E-state index contributed by atoms with van der Waals surface area (Å²) in [6, 6.07) is 13.2. The monoisotopic (exact) mass is 366 g/mol. The first-order valence-corrected chi connectivity index (χ1v) is 8.86. The summed E-state index contributed by atoms with van der Waals surface area (Å²) < 4.78 is 0. The van der Waals surface area contributed by atoms with Gasteiger partial charge in [0, 0.05) is 16.3 Å². The lowest BCUT2D eigenvalue weighted by Crippen LogP contribution is -2.19. The number of hydrogen-bond donors (Lipinski definition) is 1. The van der Waals surface area contributed by atoms with Crippen molar-refractivity contribution in [1.82, 2.24) is 5.43 Å². The summed E-state index contributed by atoms with van der Waals surface area (Å²) in [6.45, 7) is 2.07. The number of hydrogen-bond acceptors (Lipinski definition) is 3. The molecule has 2 aromatic rings. The summed E-state index contributed by atoms with van der Waals surface area (Å²) in [5.41, 5.74) is 5.66. The number of carbonyl (C=O) groups excluding carboxylic acids is 1. The van der Waals surface area contributed by atoms with Crippen LogP contribution in [0.25, 0.3) is 0 Å². The third-order valence-electron chi connectivity index (χ3n) is 3.11. The molecule has 0 saturated carbocycles. The van der Waals surface area contributed by atoms with Crippen LogP contribution in [0.1, 0.15) is 16.7 Å². The van der Waals surface area contributed by atoms with Gasteiger partial charge in [-0.05, 0) is 30.2 Å². The summed E-state index contributed by atoms with van der Waals surface area (Å²) in [6.07, 6.45) is 1.50. The Bertz CT molecular complexity index is 719. The third-order valence-corrected chi connectivity index (χ3v) is 4.65. The van der Waals surface area contributed by atoms with Crippen LogP contribution in [0.4, 0.5) is 0 Å². The van der Waals surface area contributed by atoms with Crippen LogP contribution >= 0.6 is 35.0 Å². The fourth-order valence-electron chi connectivity index (χ4n) is 1.84. The minimum Gasteiger partial charge on any atom is -0.272 e. The molecule has 2 rings (SSSR count). The van der Waals surface area contributed by atoms with Crippen molar-refractivity contribution in [3.05, 3.63) is 69.2 Å². The van der Waals surface area contributed by atoms with E-state index in [1.165, 1.54) is 17.3 Å². The van der Waals surface area contributed by atoms with Gasteiger partial charge >= 0.3 is 0 Å². The summed E-state index contributed by atoms with van der Waals surface area (Å²) in [5, 5.41) is 4.96. The zero-order chi connectivity index (χ0) is 16.7. The van der Waals surface area contributed by atoms with Gasteiger partial charge in [0.15, 0.2) is 0 Å². The quantitative estimate of drug-likeness (QED) is 0.595. The first kappa shape index (κ1) is 17.9. The lowest BCUT2D eigenvalue weighted by atomic mass is 10.1. The Morgan fingerprint density at radius 3 is 2.78 bits per heavy atom. The molecule has 0 fully saturated rings. The minimum absolute atomic E-state index is 0.148. The number of thioether (sulfide) groups is 1. The maximum Gasteiger partial charge on any atom is 0.250 e. The van der Waals surface area contributed by atoms with Crippen LogP contribution in [0.3, 0.4) is 0 Å². The molecule has 0 bridgehead atoms. The van der Waals surface area contributed by atoms with Crippen molar-refractivity contribution in [2.75, 3.05) is 5.75 Å². The molecule has 1 amide bonds. The topological polar surface area (TPSA) is 41.5 Å². The highest BCUT2D eigenvalue weighted by Gasteiger charge is 2.03. The fourth-order valence-corrected chi connectivity index (χ4v) is 3.19. The number of carbonyl (C=O) groups is 1. The molecule has 0 aliphatic heterocycles. The largest absolute Gasteiger partial charge is 0.272 e. The average molecular weight is 367 g/mol. The Balaban J connectivity index is 1.77. The van der Waals surface area contributed by atoms with Gasteiger partial charge in [-0.3, -0.25) is 4.79 Å². The van der Waals surface area contributed by atoms with Gasteiger partial charge in [-0.2, -0.15) is 5.10 Å². The maximum absolute atomic E-state index is 11.7. The highest BCUT2D eigenvalue weighted by atomic mass is 35.5. The summed E-state index contributed by atoms with van der Waals surface area (Å²) in [4.78, 5) is 11.7. The third kappa shape index (κ3) is 5.90. The van der Waals surface area contributed by atoms with Crippen molar-refractivity contribution in [2.45, 2.75) is 12.7 Å². The standard InChI is InChI=1S/C17H16Cl2N2OS/c1-12-4-2-3-5-14(12)10-23-11-17(22)21-20-9-13-6-7-15(18)8-16(13)19/h2-9H,10-11H2,1H3,(H,21,22)/b20-9-. The van der Waals surface area contributed by atoms with Crippen LogP contribution in [-0.2, 0) is 10.5 Å². The number of nitrogens with zero attached hydrogens (tertiary/aromatic N) is 1. The van der Waals surface area contributed by atoms with Crippen LogP contribution in [-0.4, -0.2) is 17.9 Å². The van der Waals surface area contributed by atoms with E-state index in [0.717, 1.165) is 5.75 Å². The molecule has 0 saturated heterocycles. The molecule has 23 heavy (non-hydrogen) atoms. The average Bonchev–Trinajstić information content (AvgIpc) is 2.51. The van der Waals surface area contributed by atoms with Crippen molar-refractivity contribution in [3.63, 3.8) is 0 Å². The molecular formula is C17H16Cl2N2OS. The minimum atomic E-state index is -0.148. The first-order chi connectivity index (χ1) is 11.1. The van der Waals surface area contributed by atoms with E-state index in [0.29, 0.717) is 21.4 Å². The molecule has 0 aliphatic rings. The van der Waals surface area contributed by atoms with Crippen molar-refractivity contribution >= 4 is 47.1 Å². The van der Waals surface area contributed by atoms with E-state index in [1.807, 2.05) is 12.1 Å². The first-order valence-electron chi connectivity index (χ1n) is 6.95. The molecule has 3 nitrogen and oxygen atoms in total. The van der Waals surface area contributed by atoms with Crippen molar-refractivity contribution in [1.29, 1.82) is 0 Å². The van der Waals surface area contributed by atoms with Crippen LogP contribution < -0.4 is 5.43 Å². The zero-order valence-electron chi connectivity index (χ0n) is 12.6. The highest BCUT2D eigenvalue weighted by molar-refractivity contribution is 7.99. The second-order valence-electron chi connectivity index (χ2n) is 4.88. The normalized spacial score (nSPS) is 10.9. The smallest absolute Gasteiger partial charge is 0.250 e. The van der Waals surface area contributed by atoms with Crippen molar-refractivity contribution in [2.24, 2.45) is 5.10 Å². The van der Waals surface area contributed by atoms with E-state index in [9.17, 15) is 4.79 Å². The molecule has 0 spiro atoms. The van der Waals surface area contributed by atoms with E-state index in [-0.39, 0.29) is 5.91 Å². The Kier molecular flexibility index (Phi) is 6.96. The van der Waals surface area contributed by atoms with E-state index in [4.69, 9.17) is 23.2 Å². The molecule has 0 aliphatic carbocycles. The second-order valence-corrected chi connectivity index (χ2v) is 6.71. The molecule has 120 valence electrons. The molecule has 1 N–H and O–H groups in total. The predicted molar refractivity (Wildman–Crippen MR) is 99.5 cm³/mol. The molecule has 2 aromatic carbocycles. The molecule has 0 heterocycles. The molecule has 0 unspecified atom stereocenters. The van der Waals surface area contributed by atoms with E-state index < -0.39 is 0 Å². The summed E-state index contributed by atoms with van der Waals surface area (Å²) in [5.74, 6) is 0.997. The lowest BCUT2D eigenvalue weighted by Gasteiger charge is -2.04. The number of benzene rings is 2. The lowest BCUT2D eigenvalue weighted by molar-refractivity contribution is -0.118. The second kappa shape index (κ2) is 8.96. The summed E-state index contributed by atoms with van der Waals surface area (Å²) >= 11 is 13.4. The van der Waals surface area contributed by atoms with Gasteiger partial charge in [0.1, 0.15) is 0 Å². The van der Waals surface area contributed by atoms with E-state index >= 15 is 0 Å². The van der Waals surface area contributed by atoms with Crippen LogP contribution in [0.5, 0.6) is 0 Å². The predicted octanol–water partition coefficient (Wildman–Crippen LogP) is 4.69. The molecular weight excluding hydrogens is 351 g/mol. The SMILES string of the molecule is Cc1ccccc1CSCC(=O)N/N=C\c1ccc(Cl)cc1Cl. The van der Waals surface area contributed by atoms with Gasteiger partial charge in [-0.25, -0.2) is 5.43 Å². The zero-order valence-corrected chi connectivity index (χ0v) is 14.9. The number of nitrogens with one attached hydrogen (secondary N) is 1. The number of hydrazone groups is 1. The highest BCUT2D eigenvalue weighted by Crippen LogP contribution is 2.19. The van der Waals surface area contributed by atoms with E-state index in [2.05, 4.69) is 29.6 Å². The van der Waals surface area contributed by atoms with Crippen LogP contribution in [0, 0.1) is 6.92 Å². The molecule has 0 radical (unpaired) electrons.